The summed E-state index contributed by atoms with van der Waals surface area (Å²) in [5, 5.41) is 5.79. The van der Waals surface area contributed by atoms with Crippen LogP contribution in [0.1, 0.15) is 75.2 Å². The zero-order chi connectivity index (χ0) is 21.9. The van der Waals surface area contributed by atoms with E-state index in [-0.39, 0.29) is 11.8 Å². The molecule has 2 rings (SSSR count). The number of carbonyl (C=O) groups is 2. The molecular formula is C25H34N2O3. The van der Waals surface area contributed by atoms with Crippen LogP contribution < -0.4 is 15.4 Å². The Bertz CT molecular complexity index is 835. The first-order valence-corrected chi connectivity index (χ1v) is 10.9. The summed E-state index contributed by atoms with van der Waals surface area (Å²) in [7, 11) is 0. The highest BCUT2D eigenvalue weighted by atomic mass is 16.5. The molecule has 0 saturated carbocycles. The molecule has 5 heteroatoms. The van der Waals surface area contributed by atoms with E-state index in [0.29, 0.717) is 30.1 Å². The first kappa shape index (κ1) is 23.5. The summed E-state index contributed by atoms with van der Waals surface area (Å²) in [6.45, 7) is 8.89. The maximum absolute atomic E-state index is 13.0. The molecule has 162 valence electrons. The average molecular weight is 411 g/mol. The number of carbonyl (C=O) groups excluding carboxylic acids is 2. The van der Waals surface area contributed by atoms with Gasteiger partial charge >= 0.3 is 0 Å². The Kier molecular flexibility index (Phi) is 9.39. The van der Waals surface area contributed by atoms with Crippen molar-refractivity contribution in [1.29, 1.82) is 0 Å². The minimum atomic E-state index is -0.647. The Morgan fingerprint density at radius 3 is 2.37 bits per heavy atom. The van der Waals surface area contributed by atoms with E-state index in [0.717, 1.165) is 30.6 Å². The highest BCUT2D eigenvalue weighted by Gasteiger charge is 2.22. The summed E-state index contributed by atoms with van der Waals surface area (Å²) in [5.74, 6) is 0.634. The minimum Gasteiger partial charge on any atom is -0.480 e. The van der Waals surface area contributed by atoms with Gasteiger partial charge in [0.15, 0.2) is 6.10 Å². The molecular weight excluding hydrogens is 376 g/mol. The van der Waals surface area contributed by atoms with Crippen LogP contribution in [0.2, 0.25) is 0 Å². The maximum atomic E-state index is 13.0. The Morgan fingerprint density at radius 2 is 1.67 bits per heavy atom. The molecule has 0 radical (unpaired) electrons. The average Bonchev–Trinajstić information content (AvgIpc) is 2.77. The first-order valence-electron chi connectivity index (χ1n) is 10.9. The molecule has 0 fully saturated rings. The molecule has 0 heterocycles. The van der Waals surface area contributed by atoms with E-state index in [1.54, 1.807) is 24.3 Å². The third-order valence-corrected chi connectivity index (χ3v) is 5.24. The van der Waals surface area contributed by atoms with Crippen LogP contribution in [0.5, 0.6) is 5.75 Å². The Hall–Kier alpha value is -2.82. The SMILES string of the molecule is CCCCNC(=O)c1ccccc1NC(=O)C(CC)Oc1ccccc1C(C)CC. The van der Waals surface area contributed by atoms with Crippen molar-refractivity contribution in [3.63, 3.8) is 0 Å². The predicted molar refractivity (Wildman–Crippen MR) is 122 cm³/mol. The van der Waals surface area contributed by atoms with E-state index < -0.39 is 6.10 Å². The van der Waals surface area contributed by atoms with Crippen LogP contribution in [0, 0.1) is 0 Å². The van der Waals surface area contributed by atoms with E-state index in [1.807, 2.05) is 31.2 Å². The van der Waals surface area contributed by atoms with Gasteiger partial charge in [0.05, 0.1) is 11.3 Å². The van der Waals surface area contributed by atoms with Gasteiger partial charge in [0.2, 0.25) is 0 Å². The van der Waals surface area contributed by atoms with Crippen molar-refractivity contribution in [3.8, 4) is 5.75 Å². The minimum absolute atomic E-state index is 0.185. The highest BCUT2D eigenvalue weighted by molar-refractivity contribution is 6.04. The van der Waals surface area contributed by atoms with Crippen molar-refractivity contribution in [1.82, 2.24) is 5.32 Å². The first-order chi connectivity index (χ1) is 14.5. The number of para-hydroxylation sites is 2. The quantitative estimate of drug-likeness (QED) is 0.479. The number of anilines is 1. The van der Waals surface area contributed by atoms with Gasteiger partial charge in [-0.3, -0.25) is 9.59 Å². The van der Waals surface area contributed by atoms with Gasteiger partial charge in [-0.25, -0.2) is 0 Å². The van der Waals surface area contributed by atoms with Crippen molar-refractivity contribution in [2.75, 3.05) is 11.9 Å². The van der Waals surface area contributed by atoms with Crippen LogP contribution in [0.15, 0.2) is 48.5 Å². The zero-order valence-corrected chi connectivity index (χ0v) is 18.5. The lowest BCUT2D eigenvalue weighted by Gasteiger charge is -2.22. The molecule has 0 spiro atoms. The van der Waals surface area contributed by atoms with Gasteiger partial charge in [-0.1, -0.05) is 64.4 Å². The molecule has 0 saturated heterocycles. The van der Waals surface area contributed by atoms with Crippen molar-refractivity contribution in [2.45, 2.75) is 65.4 Å². The second-order valence-corrected chi connectivity index (χ2v) is 7.51. The molecule has 0 aliphatic carbocycles. The lowest BCUT2D eigenvalue weighted by Crippen LogP contribution is -2.34. The fraction of sp³-hybridized carbons (Fsp3) is 0.440. The number of ether oxygens (including phenoxy) is 1. The van der Waals surface area contributed by atoms with Gasteiger partial charge in [-0.2, -0.15) is 0 Å². The van der Waals surface area contributed by atoms with Gasteiger partial charge in [0.25, 0.3) is 11.8 Å². The summed E-state index contributed by atoms with van der Waals surface area (Å²) < 4.78 is 6.12. The van der Waals surface area contributed by atoms with Gasteiger partial charge in [-0.05, 0) is 48.9 Å². The normalized spacial score (nSPS) is 12.7. The Labute approximate surface area is 180 Å². The van der Waals surface area contributed by atoms with Gasteiger partial charge in [-0.15, -0.1) is 0 Å². The second kappa shape index (κ2) is 12.0. The van der Waals surface area contributed by atoms with Crippen LogP contribution in [-0.4, -0.2) is 24.5 Å². The molecule has 2 aromatic rings. The Balaban J connectivity index is 2.14. The number of hydrogen-bond donors (Lipinski definition) is 2. The lowest BCUT2D eigenvalue weighted by atomic mass is 9.98. The molecule has 0 aromatic heterocycles. The third kappa shape index (κ3) is 6.34. The van der Waals surface area contributed by atoms with E-state index in [2.05, 4.69) is 31.4 Å². The van der Waals surface area contributed by atoms with Gasteiger partial charge < -0.3 is 15.4 Å². The highest BCUT2D eigenvalue weighted by Crippen LogP contribution is 2.29. The van der Waals surface area contributed by atoms with E-state index in [9.17, 15) is 9.59 Å². The summed E-state index contributed by atoms with van der Waals surface area (Å²) in [6.07, 6.45) is 2.79. The summed E-state index contributed by atoms with van der Waals surface area (Å²) in [5.41, 5.74) is 2.05. The number of benzene rings is 2. The van der Waals surface area contributed by atoms with Crippen LogP contribution in [0.4, 0.5) is 5.69 Å². The van der Waals surface area contributed by atoms with Crippen molar-refractivity contribution >= 4 is 17.5 Å². The second-order valence-electron chi connectivity index (χ2n) is 7.51. The number of nitrogens with one attached hydrogen (secondary N) is 2. The standard InChI is InChI=1S/C25H34N2O3/c1-5-8-17-26-24(28)20-14-9-11-15-21(20)27-25(29)22(7-3)30-23-16-12-10-13-19(23)18(4)6-2/h9-16,18,22H,5-8,17H2,1-4H3,(H,26,28)(H,27,29). The summed E-state index contributed by atoms with van der Waals surface area (Å²) in [6, 6.07) is 14.9. The fourth-order valence-electron chi connectivity index (χ4n) is 3.17. The van der Waals surface area contributed by atoms with Crippen LogP contribution in [-0.2, 0) is 4.79 Å². The van der Waals surface area contributed by atoms with Gasteiger partial charge in [0.1, 0.15) is 5.75 Å². The third-order valence-electron chi connectivity index (χ3n) is 5.24. The van der Waals surface area contributed by atoms with E-state index >= 15 is 0 Å². The Morgan fingerprint density at radius 1 is 0.967 bits per heavy atom. The number of hydrogen-bond acceptors (Lipinski definition) is 3. The topological polar surface area (TPSA) is 67.4 Å². The largest absolute Gasteiger partial charge is 0.480 e. The number of unbranched alkanes of at least 4 members (excludes halogenated alkanes) is 1. The molecule has 0 aliphatic heterocycles. The molecule has 2 aromatic carbocycles. The van der Waals surface area contributed by atoms with Crippen LogP contribution in [0.25, 0.3) is 0 Å². The molecule has 5 nitrogen and oxygen atoms in total. The lowest BCUT2D eigenvalue weighted by molar-refractivity contribution is -0.122. The van der Waals surface area contributed by atoms with Crippen molar-refractivity contribution in [2.24, 2.45) is 0 Å². The van der Waals surface area contributed by atoms with Crippen LogP contribution >= 0.6 is 0 Å². The maximum Gasteiger partial charge on any atom is 0.265 e. The summed E-state index contributed by atoms with van der Waals surface area (Å²) >= 11 is 0. The molecule has 2 unspecified atom stereocenters. The number of rotatable bonds is 11. The smallest absolute Gasteiger partial charge is 0.265 e. The molecule has 2 atom stereocenters. The van der Waals surface area contributed by atoms with Crippen molar-refractivity contribution < 1.29 is 14.3 Å². The van der Waals surface area contributed by atoms with Crippen molar-refractivity contribution in [3.05, 3.63) is 59.7 Å². The molecule has 30 heavy (non-hydrogen) atoms. The number of amides is 2. The summed E-state index contributed by atoms with van der Waals surface area (Å²) in [4.78, 5) is 25.5. The van der Waals surface area contributed by atoms with Crippen LogP contribution in [0.3, 0.4) is 0 Å². The van der Waals surface area contributed by atoms with E-state index in [1.165, 1.54) is 0 Å². The molecule has 2 N–H and O–H groups in total. The fourth-order valence-corrected chi connectivity index (χ4v) is 3.17. The zero-order valence-electron chi connectivity index (χ0n) is 18.5. The molecule has 2 amide bonds. The predicted octanol–water partition coefficient (Wildman–Crippen LogP) is 5.53. The monoisotopic (exact) mass is 410 g/mol. The molecule has 0 bridgehead atoms. The van der Waals surface area contributed by atoms with E-state index in [4.69, 9.17) is 4.74 Å². The molecule has 0 aliphatic rings. The van der Waals surface area contributed by atoms with Gasteiger partial charge in [0, 0.05) is 6.54 Å².